The van der Waals surface area contributed by atoms with E-state index in [1.807, 2.05) is 17.0 Å². The van der Waals surface area contributed by atoms with Gasteiger partial charge in [0.1, 0.15) is 0 Å². The SMILES string of the molecule is CC(C)(C)C1CCC(N(Cc2ccc(C(=O)NCc3nn[nH]n3)cc2)C(=O)Nc2cc(Cl)cc(Cl)c2)CC1. The van der Waals surface area contributed by atoms with Crippen LogP contribution in [0.5, 0.6) is 0 Å². The molecule has 3 amide bonds. The van der Waals surface area contributed by atoms with Gasteiger partial charge >= 0.3 is 6.03 Å². The van der Waals surface area contributed by atoms with Crippen LogP contribution in [0.3, 0.4) is 0 Å². The summed E-state index contributed by atoms with van der Waals surface area (Å²) in [4.78, 5) is 27.9. The molecule has 9 nitrogen and oxygen atoms in total. The number of nitrogens with one attached hydrogen (secondary N) is 3. The highest BCUT2D eigenvalue weighted by molar-refractivity contribution is 6.35. The van der Waals surface area contributed by atoms with Gasteiger partial charge in [-0.05, 0) is 72.9 Å². The van der Waals surface area contributed by atoms with Gasteiger partial charge < -0.3 is 15.5 Å². The van der Waals surface area contributed by atoms with Gasteiger partial charge in [0.2, 0.25) is 0 Å². The zero-order valence-electron chi connectivity index (χ0n) is 21.8. The fraction of sp³-hybridized carbons (Fsp3) is 0.444. The van der Waals surface area contributed by atoms with Crippen LogP contribution in [-0.4, -0.2) is 43.5 Å². The van der Waals surface area contributed by atoms with Crippen LogP contribution in [0.2, 0.25) is 10.0 Å². The topological polar surface area (TPSA) is 116 Å². The number of halogens is 2. The summed E-state index contributed by atoms with van der Waals surface area (Å²) in [5.74, 6) is 0.786. The lowest BCUT2D eigenvalue weighted by Crippen LogP contribution is -2.45. The minimum absolute atomic E-state index is 0.0983. The van der Waals surface area contributed by atoms with Gasteiger partial charge in [-0.25, -0.2) is 4.79 Å². The second-order valence-electron chi connectivity index (χ2n) is 10.8. The number of hydrogen-bond acceptors (Lipinski definition) is 5. The summed E-state index contributed by atoms with van der Waals surface area (Å²) < 4.78 is 0. The molecule has 0 aliphatic heterocycles. The number of carbonyl (C=O) groups excluding carboxylic acids is 2. The number of hydrogen-bond donors (Lipinski definition) is 3. The first-order valence-corrected chi connectivity index (χ1v) is 13.5. The van der Waals surface area contributed by atoms with E-state index >= 15 is 0 Å². The molecule has 11 heteroatoms. The minimum Gasteiger partial charge on any atom is -0.345 e. The Labute approximate surface area is 232 Å². The van der Waals surface area contributed by atoms with E-state index < -0.39 is 0 Å². The van der Waals surface area contributed by atoms with Crippen LogP contribution in [0.25, 0.3) is 0 Å². The molecule has 3 N–H and O–H groups in total. The van der Waals surface area contributed by atoms with Crippen molar-refractivity contribution in [3.8, 4) is 0 Å². The van der Waals surface area contributed by atoms with Crippen LogP contribution in [0.15, 0.2) is 42.5 Å². The van der Waals surface area contributed by atoms with Crippen LogP contribution in [0.1, 0.15) is 68.2 Å². The number of amides is 3. The van der Waals surface area contributed by atoms with Crippen molar-refractivity contribution in [3.63, 3.8) is 0 Å². The Morgan fingerprint density at radius 3 is 2.26 bits per heavy atom. The predicted octanol–water partition coefficient (Wildman–Crippen LogP) is 6.08. The molecule has 2 aromatic carbocycles. The van der Waals surface area contributed by atoms with Crippen LogP contribution in [0, 0.1) is 11.3 Å². The monoisotopic (exact) mass is 557 g/mol. The van der Waals surface area contributed by atoms with Crippen molar-refractivity contribution in [1.82, 2.24) is 30.8 Å². The number of benzene rings is 2. The fourth-order valence-electron chi connectivity index (χ4n) is 4.92. The van der Waals surface area contributed by atoms with Gasteiger partial charge in [0.25, 0.3) is 5.91 Å². The first-order valence-electron chi connectivity index (χ1n) is 12.7. The molecule has 1 aliphatic rings. The van der Waals surface area contributed by atoms with E-state index in [1.165, 1.54) is 0 Å². The zero-order chi connectivity index (χ0) is 27.3. The maximum atomic E-state index is 13.5. The lowest BCUT2D eigenvalue weighted by molar-refractivity contribution is 0.0949. The van der Waals surface area contributed by atoms with Crippen molar-refractivity contribution >= 4 is 40.8 Å². The van der Waals surface area contributed by atoms with Crippen molar-refractivity contribution in [2.75, 3.05) is 5.32 Å². The summed E-state index contributed by atoms with van der Waals surface area (Å²) in [7, 11) is 0. The molecule has 202 valence electrons. The van der Waals surface area contributed by atoms with Crippen molar-refractivity contribution in [1.29, 1.82) is 0 Å². The molecular weight excluding hydrogens is 525 g/mol. The molecule has 1 saturated carbocycles. The minimum atomic E-state index is -0.241. The van der Waals surface area contributed by atoms with Gasteiger partial charge in [0, 0.05) is 33.9 Å². The van der Waals surface area contributed by atoms with Crippen molar-refractivity contribution in [2.45, 2.75) is 65.6 Å². The molecular formula is C27H33Cl2N7O2. The maximum Gasteiger partial charge on any atom is 0.322 e. The standard InChI is InChI=1S/C27H33Cl2N7O2/c1-27(2,3)19-8-10-23(11-9-19)36(26(38)31-22-13-20(28)12-21(29)14-22)16-17-4-6-18(7-5-17)25(37)30-15-24-32-34-35-33-24/h4-7,12-14,19,23H,8-11,15-16H2,1-3H3,(H,30,37)(H,31,38)(H,32,33,34,35). The number of aromatic amines is 1. The van der Waals surface area contributed by atoms with Gasteiger partial charge in [0.15, 0.2) is 5.82 Å². The normalized spacial score (nSPS) is 17.6. The Hall–Kier alpha value is -3.17. The van der Waals surface area contributed by atoms with Gasteiger partial charge in [0.05, 0.1) is 6.54 Å². The Morgan fingerprint density at radius 1 is 1.03 bits per heavy atom. The van der Waals surface area contributed by atoms with Gasteiger partial charge in [-0.15, -0.1) is 10.2 Å². The fourth-order valence-corrected chi connectivity index (χ4v) is 5.44. The lowest BCUT2D eigenvalue weighted by atomic mass is 9.71. The summed E-state index contributed by atoms with van der Waals surface area (Å²) in [6, 6.07) is 12.1. The van der Waals surface area contributed by atoms with Gasteiger partial charge in [-0.3, -0.25) is 4.79 Å². The summed E-state index contributed by atoms with van der Waals surface area (Å²) in [5.41, 5.74) is 2.23. The molecule has 0 bridgehead atoms. The number of nitrogens with zero attached hydrogens (tertiary/aromatic N) is 4. The number of tetrazole rings is 1. The van der Waals surface area contributed by atoms with Crippen molar-refractivity contribution in [3.05, 3.63) is 69.5 Å². The summed E-state index contributed by atoms with van der Waals surface area (Å²) >= 11 is 12.3. The van der Waals surface area contributed by atoms with Crippen LogP contribution >= 0.6 is 23.2 Å². The number of H-pyrrole nitrogens is 1. The molecule has 0 saturated heterocycles. The van der Waals surface area contributed by atoms with E-state index in [2.05, 4.69) is 52.0 Å². The highest BCUT2D eigenvalue weighted by Gasteiger charge is 2.33. The third-order valence-electron chi connectivity index (χ3n) is 7.10. The number of aromatic nitrogens is 4. The van der Waals surface area contributed by atoms with E-state index in [1.54, 1.807) is 30.3 Å². The molecule has 0 spiro atoms. The predicted molar refractivity (Wildman–Crippen MR) is 148 cm³/mol. The quantitative estimate of drug-likeness (QED) is 0.325. The van der Waals surface area contributed by atoms with E-state index in [-0.39, 0.29) is 29.9 Å². The summed E-state index contributed by atoms with van der Waals surface area (Å²) in [6.45, 7) is 7.44. The Bertz CT molecular complexity index is 1220. The average molecular weight is 559 g/mol. The third-order valence-corrected chi connectivity index (χ3v) is 7.54. The molecule has 3 aromatic rings. The lowest BCUT2D eigenvalue weighted by Gasteiger charge is -2.41. The smallest absolute Gasteiger partial charge is 0.322 e. The number of carbonyl (C=O) groups is 2. The number of anilines is 1. The van der Waals surface area contributed by atoms with E-state index in [0.29, 0.717) is 39.6 Å². The second-order valence-corrected chi connectivity index (χ2v) is 11.7. The average Bonchev–Trinajstić information content (AvgIpc) is 3.39. The molecule has 0 atom stereocenters. The largest absolute Gasteiger partial charge is 0.345 e. The Morgan fingerprint density at radius 2 is 1.68 bits per heavy atom. The molecule has 1 aromatic heterocycles. The van der Waals surface area contributed by atoms with E-state index in [9.17, 15) is 9.59 Å². The summed E-state index contributed by atoms with van der Waals surface area (Å²) in [6.07, 6.45) is 4.01. The van der Waals surface area contributed by atoms with Crippen LogP contribution in [0.4, 0.5) is 10.5 Å². The van der Waals surface area contributed by atoms with Gasteiger partial charge in [-0.1, -0.05) is 61.3 Å². The Kier molecular flexibility index (Phi) is 8.89. The Balaban J connectivity index is 1.46. The molecule has 1 fully saturated rings. The zero-order valence-corrected chi connectivity index (χ0v) is 23.3. The highest BCUT2D eigenvalue weighted by atomic mass is 35.5. The third kappa shape index (κ3) is 7.45. The molecule has 0 unspecified atom stereocenters. The first kappa shape index (κ1) is 27.9. The van der Waals surface area contributed by atoms with E-state index in [4.69, 9.17) is 23.2 Å². The van der Waals surface area contributed by atoms with Crippen molar-refractivity contribution in [2.24, 2.45) is 11.3 Å². The van der Waals surface area contributed by atoms with Gasteiger partial charge in [-0.2, -0.15) is 5.21 Å². The summed E-state index contributed by atoms with van der Waals surface area (Å²) in [5, 5.41) is 20.1. The molecule has 38 heavy (non-hydrogen) atoms. The van der Waals surface area contributed by atoms with Crippen LogP contribution in [-0.2, 0) is 13.1 Å². The molecule has 0 radical (unpaired) electrons. The van der Waals surface area contributed by atoms with Crippen LogP contribution < -0.4 is 10.6 Å². The molecule has 1 heterocycles. The second kappa shape index (κ2) is 12.1. The van der Waals surface area contributed by atoms with E-state index in [0.717, 1.165) is 31.2 Å². The van der Waals surface area contributed by atoms with Crippen molar-refractivity contribution < 1.29 is 9.59 Å². The maximum absolute atomic E-state index is 13.5. The molecule has 4 rings (SSSR count). The number of rotatable bonds is 7. The first-order chi connectivity index (χ1) is 18.1. The number of urea groups is 1. The molecule has 1 aliphatic carbocycles. The highest BCUT2D eigenvalue weighted by Crippen LogP contribution is 2.39.